The maximum atomic E-state index is 11.4. The number of hydrogen-bond acceptors (Lipinski definition) is 3. The van der Waals surface area contributed by atoms with E-state index in [9.17, 15) is 4.79 Å². The number of hydrogen-bond donors (Lipinski definition) is 2. The van der Waals surface area contributed by atoms with Gasteiger partial charge in [0.15, 0.2) is 0 Å². The van der Waals surface area contributed by atoms with Crippen molar-refractivity contribution < 1.29 is 4.79 Å². The molecule has 0 saturated carbocycles. The molecule has 0 aliphatic rings. The highest BCUT2D eigenvalue weighted by atomic mass is 35.5. The SMILES string of the molecule is CC(C)NC(=O)CSc1cc(N)ccc1Cl. The van der Waals surface area contributed by atoms with Crippen molar-refractivity contribution in [1.29, 1.82) is 0 Å². The molecule has 0 atom stereocenters. The van der Waals surface area contributed by atoms with Crippen molar-refractivity contribution >= 4 is 35.0 Å². The molecule has 0 bridgehead atoms. The van der Waals surface area contributed by atoms with E-state index in [0.29, 0.717) is 16.5 Å². The van der Waals surface area contributed by atoms with E-state index in [4.69, 9.17) is 17.3 Å². The third-order valence-corrected chi connectivity index (χ3v) is 3.26. The zero-order valence-corrected chi connectivity index (χ0v) is 10.9. The summed E-state index contributed by atoms with van der Waals surface area (Å²) in [7, 11) is 0. The lowest BCUT2D eigenvalue weighted by molar-refractivity contribution is -0.119. The molecule has 3 N–H and O–H groups in total. The number of amides is 1. The van der Waals surface area contributed by atoms with Gasteiger partial charge < -0.3 is 11.1 Å². The zero-order chi connectivity index (χ0) is 12.1. The average Bonchev–Trinajstić information content (AvgIpc) is 2.18. The van der Waals surface area contributed by atoms with Crippen LogP contribution in [0.15, 0.2) is 23.1 Å². The Morgan fingerprint density at radius 1 is 1.56 bits per heavy atom. The monoisotopic (exact) mass is 258 g/mol. The average molecular weight is 259 g/mol. The Morgan fingerprint density at radius 2 is 2.25 bits per heavy atom. The van der Waals surface area contributed by atoms with Crippen molar-refractivity contribution in [1.82, 2.24) is 5.32 Å². The first-order valence-electron chi connectivity index (χ1n) is 4.96. The number of nitrogens with one attached hydrogen (secondary N) is 1. The lowest BCUT2D eigenvalue weighted by Crippen LogP contribution is -2.31. The topological polar surface area (TPSA) is 55.1 Å². The second-order valence-electron chi connectivity index (χ2n) is 3.70. The van der Waals surface area contributed by atoms with E-state index in [2.05, 4.69) is 5.32 Å². The highest BCUT2D eigenvalue weighted by Crippen LogP contribution is 2.28. The number of halogens is 1. The first kappa shape index (κ1) is 13.2. The lowest BCUT2D eigenvalue weighted by atomic mass is 10.3. The molecule has 0 radical (unpaired) electrons. The molecule has 0 aliphatic heterocycles. The molecular formula is C11H15ClN2OS. The Labute approximate surface area is 105 Å². The van der Waals surface area contributed by atoms with Gasteiger partial charge in [-0.15, -0.1) is 11.8 Å². The third-order valence-electron chi connectivity index (χ3n) is 1.76. The molecule has 1 aromatic rings. The summed E-state index contributed by atoms with van der Waals surface area (Å²) in [5, 5.41) is 3.43. The lowest BCUT2D eigenvalue weighted by Gasteiger charge is -2.08. The zero-order valence-electron chi connectivity index (χ0n) is 9.29. The standard InChI is InChI=1S/C11H15ClN2OS/c1-7(2)14-11(15)6-16-10-5-8(13)3-4-9(10)12/h3-5,7H,6,13H2,1-2H3,(H,14,15). The fourth-order valence-corrected chi connectivity index (χ4v) is 2.21. The Morgan fingerprint density at radius 3 is 2.88 bits per heavy atom. The Kier molecular flexibility index (Phi) is 4.96. The number of carbonyl (C=O) groups excluding carboxylic acids is 1. The molecule has 16 heavy (non-hydrogen) atoms. The first-order valence-corrected chi connectivity index (χ1v) is 6.32. The van der Waals surface area contributed by atoms with Gasteiger partial charge in [0.25, 0.3) is 0 Å². The summed E-state index contributed by atoms with van der Waals surface area (Å²) in [4.78, 5) is 12.3. The van der Waals surface area contributed by atoms with Gasteiger partial charge in [0.1, 0.15) is 0 Å². The molecule has 1 rings (SSSR count). The number of benzene rings is 1. The summed E-state index contributed by atoms with van der Waals surface area (Å²) in [5.41, 5.74) is 6.29. The number of nitrogen functional groups attached to an aromatic ring is 1. The quantitative estimate of drug-likeness (QED) is 0.645. The highest BCUT2D eigenvalue weighted by Gasteiger charge is 2.07. The van der Waals surface area contributed by atoms with Gasteiger partial charge in [-0.3, -0.25) is 4.79 Å². The van der Waals surface area contributed by atoms with Gasteiger partial charge in [-0.1, -0.05) is 11.6 Å². The maximum Gasteiger partial charge on any atom is 0.230 e. The fraction of sp³-hybridized carbons (Fsp3) is 0.364. The summed E-state index contributed by atoms with van der Waals surface area (Å²) in [5.74, 6) is 0.347. The van der Waals surface area contributed by atoms with Crippen molar-refractivity contribution in [2.75, 3.05) is 11.5 Å². The van der Waals surface area contributed by atoms with Crippen LogP contribution in [-0.4, -0.2) is 17.7 Å². The molecule has 0 aromatic heterocycles. The molecule has 0 aliphatic carbocycles. The molecule has 0 spiro atoms. The summed E-state index contributed by atoms with van der Waals surface area (Å²) >= 11 is 7.36. The van der Waals surface area contributed by atoms with Crippen LogP contribution in [0.3, 0.4) is 0 Å². The summed E-state index contributed by atoms with van der Waals surface area (Å²) in [6.45, 7) is 3.85. The summed E-state index contributed by atoms with van der Waals surface area (Å²) < 4.78 is 0. The second-order valence-corrected chi connectivity index (χ2v) is 5.13. The van der Waals surface area contributed by atoms with Gasteiger partial charge in [-0.05, 0) is 32.0 Å². The van der Waals surface area contributed by atoms with E-state index < -0.39 is 0 Å². The molecule has 0 fully saturated rings. The van der Waals surface area contributed by atoms with E-state index in [1.807, 2.05) is 13.8 Å². The number of rotatable bonds is 4. The predicted molar refractivity (Wildman–Crippen MR) is 69.9 cm³/mol. The van der Waals surface area contributed by atoms with Crippen LogP contribution in [0.4, 0.5) is 5.69 Å². The summed E-state index contributed by atoms with van der Waals surface area (Å²) in [6.07, 6.45) is 0. The van der Waals surface area contributed by atoms with Gasteiger partial charge in [-0.25, -0.2) is 0 Å². The number of nitrogens with two attached hydrogens (primary N) is 1. The van der Waals surface area contributed by atoms with Crippen LogP contribution in [0.1, 0.15) is 13.8 Å². The van der Waals surface area contributed by atoms with Crippen LogP contribution >= 0.6 is 23.4 Å². The number of carbonyl (C=O) groups is 1. The van der Waals surface area contributed by atoms with Crippen LogP contribution in [-0.2, 0) is 4.79 Å². The van der Waals surface area contributed by atoms with E-state index in [1.165, 1.54) is 11.8 Å². The van der Waals surface area contributed by atoms with Gasteiger partial charge in [0.05, 0.1) is 10.8 Å². The van der Waals surface area contributed by atoms with Crippen LogP contribution in [0.25, 0.3) is 0 Å². The molecule has 0 saturated heterocycles. The fourth-order valence-electron chi connectivity index (χ4n) is 1.14. The normalized spacial score (nSPS) is 10.5. The molecule has 3 nitrogen and oxygen atoms in total. The molecule has 1 aromatic carbocycles. The minimum absolute atomic E-state index is 0.00140. The van der Waals surface area contributed by atoms with Crippen LogP contribution in [0, 0.1) is 0 Å². The van der Waals surface area contributed by atoms with Crippen molar-refractivity contribution in [2.45, 2.75) is 24.8 Å². The summed E-state index contributed by atoms with van der Waals surface area (Å²) in [6, 6.07) is 5.40. The largest absolute Gasteiger partial charge is 0.399 e. The number of anilines is 1. The maximum absolute atomic E-state index is 11.4. The Balaban J connectivity index is 2.54. The number of thioether (sulfide) groups is 1. The van der Waals surface area contributed by atoms with Crippen LogP contribution in [0.5, 0.6) is 0 Å². The Bertz CT molecular complexity index is 382. The molecule has 0 heterocycles. The molecule has 88 valence electrons. The van der Waals surface area contributed by atoms with Crippen molar-refractivity contribution in [3.8, 4) is 0 Å². The van der Waals surface area contributed by atoms with Crippen molar-refractivity contribution in [3.63, 3.8) is 0 Å². The van der Waals surface area contributed by atoms with Crippen molar-refractivity contribution in [2.24, 2.45) is 0 Å². The van der Waals surface area contributed by atoms with E-state index >= 15 is 0 Å². The molecule has 0 unspecified atom stereocenters. The van der Waals surface area contributed by atoms with E-state index in [1.54, 1.807) is 18.2 Å². The molecule has 5 heteroatoms. The van der Waals surface area contributed by atoms with E-state index in [0.717, 1.165) is 4.90 Å². The van der Waals surface area contributed by atoms with Gasteiger partial charge in [0, 0.05) is 16.6 Å². The predicted octanol–water partition coefficient (Wildman–Crippen LogP) is 2.54. The first-order chi connectivity index (χ1) is 7.49. The minimum atomic E-state index is -0.00140. The Hall–Kier alpha value is -0.870. The van der Waals surface area contributed by atoms with Gasteiger partial charge >= 0.3 is 0 Å². The van der Waals surface area contributed by atoms with Crippen molar-refractivity contribution in [3.05, 3.63) is 23.2 Å². The smallest absolute Gasteiger partial charge is 0.230 e. The highest BCUT2D eigenvalue weighted by molar-refractivity contribution is 8.00. The molecule has 1 amide bonds. The van der Waals surface area contributed by atoms with Crippen LogP contribution < -0.4 is 11.1 Å². The van der Waals surface area contributed by atoms with E-state index in [-0.39, 0.29) is 11.9 Å². The second kappa shape index (κ2) is 6.01. The van der Waals surface area contributed by atoms with Crippen LogP contribution in [0.2, 0.25) is 5.02 Å². The van der Waals surface area contributed by atoms with Gasteiger partial charge in [-0.2, -0.15) is 0 Å². The minimum Gasteiger partial charge on any atom is -0.399 e. The van der Waals surface area contributed by atoms with Gasteiger partial charge in [0.2, 0.25) is 5.91 Å². The molecular weight excluding hydrogens is 244 g/mol. The third kappa shape index (κ3) is 4.33.